The van der Waals surface area contributed by atoms with Gasteiger partial charge >= 0.3 is 12.1 Å². The van der Waals surface area contributed by atoms with Crippen LogP contribution in [-0.4, -0.2) is 66.3 Å². The van der Waals surface area contributed by atoms with Crippen molar-refractivity contribution in [3.05, 3.63) is 35.9 Å². The Labute approximate surface area is 247 Å². The summed E-state index contributed by atoms with van der Waals surface area (Å²) in [5.74, 6) is -3.91. The summed E-state index contributed by atoms with van der Waals surface area (Å²) in [5, 5.41) is 10.4. The smallest absolute Gasteiger partial charge is 0.408 e. The van der Waals surface area contributed by atoms with Crippen molar-refractivity contribution in [2.45, 2.75) is 91.1 Å². The summed E-state index contributed by atoms with van der Waals surface area (Å²) in [6.45, 7) is 10.6. The van der Waals surface area contributed by atoms with Gasteiger partial charge in [0, 0.05) is 12.5 Å². The van der Waals surface area contributed by atoms with Crippen molar-refractivity contribution in [3.63, 3.8) is 0 Å². The van der Waals surface area contributed by atoms with Gasteiger partial charge in [-0.1, -0.05) is 44.2 Å². The number of nitrogens with one attached hydrogen (secondary N) is 4. The van der Waals surface area contributed by atoms with E-state index in [1.807, 2.05) is 19.9 Å². The van der Waals surface area contributed by atoms with Gasteiger partial charge in [-0.15, -0.1) is 0 Å². The second kappa shape index (κ2) is 15.9. The van der Waals surface area contributed by atoms with Gasteiger partial charge in [0.1, 0.15) is 30.6 Å². The van der Waals surface area contributed by atoms with Crippen molar-refractivity contribution in [2.75, 3.05) is 6.54 Å². The van der Waals surface area contributed by atoms with Crippen molar-refractivity contribution in [1.29, 1.82) is 0 Å². The highest BCUT2D eigenvalue weighted by Crippen LogP contribution is 2.17. The molecule has 42 heavy (non-hydrogen) atoms. The second-order valence-corrected chi connectivity index (χ2v) is 12.0. The van der Waals surface area contributed by atoms with E-state index in [1.165, 1.54) is 6.92 Å². The molecule has 232 valence electrons. The Morgan fingerprint density at radius 3 is 2.24 bits per heavy atom. The van der Waals surface area contributed by atoms with Crippen LogP contribution in [0.2, 0.25) is 0 Å². The minimum atomic E-state index is -1.44. The van der Waals surface area contributed by atoms with Gasteiger partial charge in [0.25, 0.3) is 0 Å². The van der Waals surface area contributed by atoms with E-state index in [-0.39, 0.29) is 31.3 Å². The zero-order chi connectivity index (χ0) is 31.4. The molecular weight excluding hydrogens is 544 g/mol. The van der Waals surface area contributed by atoms with E-state index in [4.69, 9.17) is 9.47 Å². The summed E-state index contributed by atoms with van der Waals surface area (Å²) < 4.78 is 10.7. The molecule has 1 aliphatic heterocycles. The van der Waals surface area contributed by atoms with E-state index in [0.717, 1.165) is 5.56 Å². The standard InChI is InChI=1S/C30H44N4O8/c1-18(2)14-23(26(37)32-22(16-35)15-21-12-13-31-25(21)36)33-27(38)24(19(3)28(39)42-30(4,5)6)34-29(40)41-17-20-10-8-7-9-11-20/h7-11,16,18-19,21-24H,12-15,17H2,1-6H3,(H,31,36)(H,32,37)(H,33,38)(H,34,40)/t19?,21-,22-,23-,24-/m0/s1. The van der Waals surface area contributed by atoms with Gasteiger partial charge in [-0.05, 0) is 58.4 Å². The number of benzene rings is 1. The Balaban J connectivity index is 2.19. The maximum atomic E-state index is 13.5. The maximum Gasteiger partial charge on any atom is 0.408 e. The van der Waals surface area contributed by atoms with Crippen LogP contribution in [0, 0.1) is 17.8 Å². The van der Waals surface area contributed by atoms with Crippen LogP contribution >= 0.6 is 0 Å². The van der Waals surface area contributed by atoms with Crippen LogP contribution in [-0.2, 0) is 40.1 Å². The Hall–Kier alpha value is -3.96. The number of aldehydes is 1. The maximum absolute atomic E-state index is 13.5. The summed E-state index contributed by atoms with van der Waals surface area (Å²) in [7, 11) is 0. The predicted octanol–water partition coefficient (Wildman–Crippen LogP) is 2.00. The third-order valence-corrected chi connectivity index (χ3v) is 6.58. The Morgan fingerprint density at radius 2 is 1.69 bits per heavy atom. The minimum Gasteiger partial charge on any atom is -0.460 e. The average molecular weight is 589 g/mol. The van der Waals surface area contributed by atoms with Gasteiger partial charge in [-0.3, -0.25) is 19.2 Å². The highest BCUT2D eigenvalue weighted by molar-refractivity contribution is 5.94. The van der Waals surface area contributed by atoms with Crippen molar-refractivity contribution in [1.82, 2.24) is 21.3 Å². The van der Waals surface area contributed by atoms with Crippen LogP contribution in [0.15, 0.2) is 30.3 Å². The Morgan fingerprint density at radius 1 is 1.02 bits per heavy atom. The first-order chi connectivity index (χ1) is 19.7. The Bertz CT molecular complexity index is 1100. The van der Waals surface area contributed by atoms with Crippen LogP contribution < -0.4 is 21.3 Å². The second-order valence-electron chi connectivity index (χ2n) is 12.0. The highest BCUT2D eigenvalue weighted by Gasteiger charge is 2.37. The summed E-state index contributed by atoms with van der Waals surface area (Å²) in [5.41, 5.74) is -0.123. The zero-order valence-corrected chi connectivity index (χ0v) is 25.2. The lowest BCUT2D eigenvalue weighted by Crippen LogP contribution is -2.58. The first-order valence-corrected chi connectivity index (χ1v) is 14.2. The highest BCUT2D eigenvalue weighted by atomic mass is 16.6. The number of amides is 4. The van der Waals surface area contributed by atoms with E-state index < -0.39 is 59.4 Å². The minimum absolute atomic E-state index is 0.0399. The summed E-state index contributed by atoms with van der Waals surface area (Å²) >= 11 is 0. The van der Waals surface area contributed by atoms with Crippen LogP contribution in [0.5, 0.6) is 0 Å². The fraction of sp³-hybridized carbons (Fsp3) is 0.600. The number of ether oxygens (including phenoxy) is 2. The van der Waals surface area contributed by atoms with Crippen molar-refractivity contribution < 1.29 is 38.2 Å². The third-order valence-electron chi connectivity index (χ3n) is 6.58. The van der Waals surface area contributed by atoms with E-state index in [2.05, 4.69) is 21.3 Å². The van der Waals surface area contributed by atoms with Crippen molar-refractivity contribution >= 4 is 36.1 Å². The molecule has 0 saturated carbocycles. The van der Waals surface area contributed by atoms with E-state index in [1.54, 1.807) is 45.0 Å². The molecule has 12 nitrogen and oxygen atoms in total. The molecule has 0 radical (unpaired) electrons. The van der Waals surface area contributed by atoms with Gasteiger partial charge in [0.05, 0.1) is 12.0 Å². The van der Waals surface area contributed by atoms with Crippen LogP contribution in [0.3, 0.4) is 0 Å². The molecule has 4 N–H and O–H groups in total. The molecule has 0 bridgehead atoms. The zero-order valence-electron chi connectivity index (χ0n) is 25.2. The largest absolute Gasteiger partial charge is 0.460 e. The SMILES string of the molecule is CC(C)C[C@H](NC(=O)[C@@H](NC(=O)OCc1ccccc1)C(C)C(=O)OC(C)(C)C)C(=O)N[C@H](C=O)C[C@@H]1CCNC1=O. The summed E-state index contributed by atoms with van der Waals surface area (Å²) in [6.07, 6.45) is 0.530. The molecule has 2 rings (SSSR count). The first kappa shape index (κ1) is 34.2. The number of hydrogen-bond acceptors (Lipinski definition) is 8. The normalized spacial score (nSPS) is 17.7. The molecule has 1 aromatic carbocycles. The van der Waals surface area contributed by atoms with Crippen molar-refractivity contribution in [3.8, 4) is 0 Å². The van der Waals surface area contributed by atoms with Gasteiger partial charge in [-0.2, -0.15) is 0 Å². The molecule has 1 aliphatic rings. The molecule has 1 heterocycles. The lowest BCUT2D eigenvalue weighted by atomic mass is 9.97. The molecule has 4 amide bonds. The van der Waals surface area contributed by atoms with Gasteiger partial charge < -0.3 is 35.5 Å². The van der Waals surface area contributed by atoms with Crippen LogP contribution in [0.1, 0.15) is 66.4 Å². The van der Waals surface area contributed by atoms with E-state index in [0.29, 0.717) is 19.3 Å². The number of esters is 1. The van der Waals surface area contributed by atoms with Gasteiger partial charge in [-0.25, -0.2) is 4.79 Å². The lowest BCUT2D eigenvalue weighted by molar-refractivity contribution is -0.161. The number of alkyl carbamates (subject to hydrolysis) is 1. The van der Waals surface area contributed by atoms with E-state index >= 15 is 0 Å². The molecule has 0 aliphatic carbocycles. The lowest BCUT2D eigenvalue weighted by Gasteiger charge is -2.29. The number of rotatable bonds is 14. The van der Waals surface area contributed by atoms with Crippen LogP contribution in [0.4, 0.5) is 4.79 Å². The van der Waals surface area contributed by atoms with E-state index in [9.17, 15) is 28.8 Å². The number of carbonyl (C=O) groups is 6. The van der Waals surface area contributed by atoms with Gasteiger partial charge in [0.15, 0.2) is 0 Å². The number of carbonyl (C=O) groups excluding carboxylic acids is 6. The van der Waals surface area contributed by atoms with Gasteiger partial charge in [0.2, 0.25) is 17.7 Å². The first-order valence-electron chi connectivity index (χ1n) is 14.2. The molecule has 1 aromatic rings. The fourth-order valence-corrected chi connectivity index (χ4v) is 4.41. The molecular formula is C30H44N4O8. The summed E-state index contributed by atoms with van der Waals surface area (Å²) in [6, 6.07) is 5.47. The molecule has 1 saturated heterocycles. The van der Waals surface area contributed by atoms with Crippen molar-refractivity contribution in [2.24, 2.45) is 17.8 Å². The molecule has 1 unspecified atom stereocenters. The predicted molar refractivity (Wildman–Crippen MR) is 154 cm³/mol. The monoisotopic (exact) mass is 588 g/mol. The molecule has 1 fully saturated rings. The molecule has 0 aromatic heterocycles. The average Bonchev–Trinajstić information content (AvgIpc) is 3.32. The molecule has 0 spiro atoms. The summed E-state index contributed by atoms with van der Waals surface area (Å²) in [4.78, 5) is 76.1. The number of hydrogen-bond donors (Lipinski definition) is 4. The van der Waals surface area contributed by atoms with Crippen LogP contribution in [0.25, 0.3) is 0 Å². The molecule has 12 heteroatoms. The topological polar surface area (TPSA) is 169 Å². The fourth-order valence-electron chi connectivity index (χ4n) is 4.41. The third kappa shape index (κ3) is 11.5. The molecule has 5 atom stereocenters. The quantitative estimate of drug-likeness (QED) is 0.189. The Kier molecular flexibility index (Phi) is 12.9.